The summed E-state index contributed by atoms with van der Waals surface area (Å²) in [5.41, 5.74) is 3.38. The Morgan fingerprint density at radius 3 is 1.35 bits per heavy atom. The van der Waals surface area contributed by atoms with Gasteiger partial charge in [0.1, 0.15) is 0 Å². The van der Waals surface area contributed by atoms with Gasteiger partial charge >= 0.3 is 21.1 Å². The molecule has 9 heteroatoms. The minimum absolute atomic E-state index is 0. The van der Waals surface area contributed by atoms with Crippen LogP contribution >= 0.6 is 23.5 Å². The monoisotopic (exact) mass is 715 g/mol. The molecule has 0 unspecified atom stereocenters. The summed E-state index contributed by atoms with van der Waals surface area (Å²) in [5.74, 6) is 2.86. The molecule has 0 amide bonds. The van der Waals surface area contributed by atoms with Gasteiger partial charge in [-0.25, -0.2) is 0 Å². The number of methoxy groups -OCH3 is 4. The molecule has 2 aromatic carbocycles. The van der Waals surface area contributed by atoms with Crippen LogP contribution in [0.5, 0.6) is 23.0 Å². The summed E-state index contributed by atoms with van der Waals surface area (Å²) >= 11 is 3.36. The van der Waals surface area contributed by atoms with Gasteiger partial charge in [0, 0.05) is 45.2 Å². The van der Waals surface area contributed by atoms with Crippen molar-refractivity contribution >= 4 is 23.5 Å². The quantitative estimate of drug-likeness (QED) is 0.150. The molecule has 0 aliphatic rings. The maximum absolute atomic E-state index is 5.36. The zero-order valence-electron chi connectivity index (χ0n) is 21.4. The Kier molecular flexibility index (Phi) is 12.8. The number of ether oxygens (including phenoxy) is 4. The van der Waals surface area contributed by atoms with Gasteiger partial charge in [-0.1, -0.05) is 35.4 Å². The summed E-state index contributed by atoms with van der Waals surface area (Å²) in [6, 6.07) is 21.5. The predicted molar refractivity (Wildman–Crippen MR) is 147 cm³/mol. The van der Waals surface area contributed by atoms with Gasteiger partial charge < -0.3 is 28.9 Å². The molecule has 6 nitrogen and oxygen atoms in total. The molecule has 0 atom stereocenters. The van der Waals surface area contributed by atoms with Crippen LogP contribution in [0.4, 0.5) is 0 Å². The Bertz CT molecular complexity index is 1190. The van der Waals surface area contributed by atoms with E-state index >= 15 is 0 Å². The molecule has 0 radical (unpaired) electrons. The predicted octanol–water partition coefficient (Wildman–Crippen LogP) is 6.57. The van der Waals surface area contributed by atoms with Crippen molar-refractivity contribution < 1.29 is 40.0 Å². The van der Waals surface area contributed by atoms with Crippen molar-refractivity contribution in [3.05, 3.63) is 73.1 Å². The second-order valence-corrected chi connectivity index (χ2v) is 8.89. The Morgan fingerprint density at radius 2 is 1.03 bits per heavy atom. The topological polar surface area (TPSA) is 62.7 Å². The number of nitrogens with zero attached hydrogens (tertiary/aromatic N) is 2. The third-order valence-corrected chi connectivity index (χ3v) is 6.57. The molecule has 2 heterocycles. The molecule has 0 spiro atoms. The van der Waals surface area contributed by atoms with E-state index in [-0.39, 0.29) is 21.1 Å². The molecule has 37 heavy (non-hydrogen) atoms. The smallest absolute Gasteiger partial charge is 0.540 e. The summed E-state index contributed by atoms with van der Waals surface area (Å²) in [7, 11) is 6.50. The summed E-state index contributed by atoms with van der Waals surface area (Å²) in [4.78, 5) is 11.0. The van der Waals surface area contributed by atoms with Crippen LogP contribution < -0.4 is 18.9 Å². The summed E-state index contributed by atoms with van der Waals surface area (Å²) < 4.78 is 21.0. The first kappa shape index (κ1) is 30.6. The average molecular weight is 716 g/mol. The third kappa shape index (κ3) is 8.16. The Balaban J connectivity index is 0.000000253. The van der Waals surface area contributed by atoms with Gasteiger partial charge in [0.05, 0.1) is 28.4 Å². The van der Waals surface area contributed by atoms with Gasteiger partial charge in [-0.05, 0) is 36.0 Å². The molecule has 0 aliphatic heterocycles. The molecule has 2 aromatic heterocycles. The number of pyridine rings is 2. The van der Waals surface area contributed by atoms with E-state index < -0.39 is 0 Å². The molecule has 196 valence electrons. The molecular weight excluding hydrogens is 688 g/mol. The fourth-order valence-electron chi connectivity index (χ4n) is 3.22. The molecule has 0 bridgehead atoms. The molecular formula is C28H28N2O4PtS2. The largest absolute Gasteiger partial charge is 2.00 e. The zero-order valence-corrected chi connectivity index (χ0v) is 25.3. The fraction of sp³-hybridized carbons (Fsp3) is 0.214. The van der Waals surface area contributed by atoms with Gasteiger partial charge in [-0.2, -0.15) is 0 Å². The maximum Gasteiger partial charge on any atom is 2.00 e. The van der Waals surface area contributed by atoms with Crippen LogP contribution in [-0.4, -0.2) is 50.9 Å². The van der Waals surface area contributed by atoms with Crippen molar-refractivity contribution in [1.82, 2.24) is 9.97 Å². The minimum atomic E-state index is 0. The van der Waals surface area contributed by atoms with Crippen molar-refractivity contribution in [2.45, 2.75) is 9.79 Å². The van der Waals surface area contributed by atoms with Crippen LogP contribution in [0.2, 0.25) is 0 Å². The van der Waals surface area contributed by atoms with Gasteiger partial charge in [0.2, 0.25) is 0 Å². The second-order valence-electron chi connectivity index (χ2n) is 7.13. The number of aromatic nitrogens is 2. The van der Waals surface area contributed by atoms with Crippen LogP contribution in [-0.2, 0) is 21.1 Å². The van der Waals surface area contributed by atoms with Gasteiger partial charge in [0.25, 0.3) is 0 Å². The van der Waals surface area contributed by atoms with Crippen molar-refractivity contribution in [2.24, 2.45) is 0 Å². The zero-order chi connectivity index (χ0) is 25.9. The number of benzene rings is 2. The first-order valence-electron chi connectivity index (χ1n) is 10.8. The number of hydrogen-bond donors (Lipinski definition) is 0. The SMILES string of the molecule is COc1c[c-]c(-c2cc(SC)ccn2)c(OC)c1.COc1c[c-]c(-c2cc(SC)ccn2)c(OC)c1.[Pt+2]. The molecule has 0 fully saturated rings. The number of rotatable bonds is 8. The summed E-state index contributed by atoms with van der Waals surface area (Å²) in [6.07, 6.45) is 7.65. The van der Waals surface area contributed by atoms with Crippen LogP contribution in [0.25, 0.3) is 22.5 Å². The van der Waals surface area contributed by atoms with E-state index in [0.29, 0.717) is 11.5 Å². The van der Waals surface area contributed by atoms with Crippen molar-refractivity contribution in [3.8, 4) is 45.5 Å². The maximum atomic E-state index is 5.36. The van der Waals surface area contributed by atoms with E-state index in [4.69, 9.17) is 18.9 Å². The molecule has 0 aliphatic carbocycles. The molecule has 0 N–H and O–H groups in total. The first-order chi connectivity index (χ1) is 17.6. The van der Waals surface area contributed by atoms with Crippen LogP contribution in [0, 0.1) is 12.1 Å². The summed E-state index contributed by atoms with van der Waals surface area (Å²) in [5, 5.41) is 0. The standard InChI is InChI=1S/2C14H14NO2S.Pt/c2*1-16-10-4-5-12(14(8-10)17-2)13-9-11(18-3)6-7-15-13;/h2*4,6-9H,1-3H3;/q2*-1;+2. The third-order valence-electron chi connectivity index (χ3n) is 5.11. The Morgan fingerprint density at radius 1 is 0.622 bits per heavy atom. The second kappa shape index (κ2) is 15.6. The summed E-state index contributed by atoms with van der Waals surface area (Å²) in [6.45, 7) is 0. The first-order valence-corrected chi connectivity index (χ1v) is 13.3. The van der Waals surface area contributed by atoms with Crippen LogP contribution in [0.3, 0.4) is 0 Å². The normalized spacial score (nSPS) is 9.89. The number of hydrogen-bond acceptors (Lipinski definition) is 8. The minimum Gasteiger partial charge on any atom is -0.540 e. The van der Waals surface area contributed by atoms with Crippen LogP contribution in [0.1, 0.15) is 0 Å². The fourth-order valence-corrected chi connectivity index (χ4v) is 4.08. The molecule has 4 aromatic rings. The van der Waals surface area contributed by atoms with Crippen molar-refractivity contribution in [3.63, 3.8) is 0 Å². The molecule has 0 saturated heterocycles. The van der Waals surface area contributed by atoms with Crippen molar-refractivity contribution in [1.29, 1.82) is 0 Å². The van der Waals surface area contributed by atoms with E-state index in [9.17, 15) is 0 Å². The van der Waals surface area contributed by atoms with E-state index in [1.807, 2.05) is 48.9 Å². The van der Waals surface area contributed by atoms with Gasteiger partial charge in [-0.15, -0.1) is 47.8 Å². The number of thioether (sulfide) groups is 2. The van der Waals surface area contributed by atoms with E-state index in [0.717, 1.165) is 43.8 Å². The Hall–Kier alpha value is -2.67. The van der Waals surface area contributed by atoms with E-state index in [1.165, 1.54) is 0 Å². The Labute approximate surface area is 241 Å². The van der Waals surface area contributed by atoms with Gasteiger partial charge in [0.15, 0.2) is 0 Å². The average Bonchev–Trinajstić information content (AvgIpc) is 2.96. The van der Waals surface area contributed by atoms with Gasteiger partial charge in [-0.3, -0.25) is 0 Å². The van der Waals surface area contributed by atoms with E-state index in [1.54, 1.807) is 76.5 Å². The van der Waals surface area contributed by atoms with Crippen LogP contribution in [0.15, 0.2) is 70.7 Å². The molecule has 0 saturated carbocycles. The van der Waals surface area contributed by atoms with E-state index in [2.05, 4.69) is 22.1 Å². The molecule has 4 rings (SSSR count). The van der Waals surface area contributed by atoms with Crippen molar-refractivity contribution in [2.75, 3.05) is 41.0 Å².